The zero-order valence-corrected chi connectivity index (χ0v) is 18.2. The Morgan fingerprint density at radius 3 is 2.62 bits per heavy atom. The van der Waals surface area contributed by atoms with Crippen molar-refractivity contribution in [2.75, 3.05) is 18.8 Å². The molecular formula is C20H20F5N5O4. The minimum atomic E-state index is -4.84. The van der Waals surface area contributed by atoms with Crippen molar-refractivity contribution in [3.8, 4) is 11.6 Å². The predicted octanol–water partition coefficient (Wildman–Crippen LogP) is 3.76. The third kappa shape index (κ3) is 4.85. The lowest BCUT2D eigenvalue weighted by Gasteiger charge is -2.40. The van der Waals surface area contributed by atoms with E-state index in [2.05, 4.69) is 25.0 Å². The highest BCUT2D eigenvalue weighted by Crippen LogP contribution is 2.41. The Bertz CT molecular complexity index is 1130. The van der Waals surface area contributed by atoms with Crippen LogP contribution < -0.4 is 20.5 Å². The molecule has 0 saturated carbocycles. The number of hydrogen-bond acceptors (Lipinski definition) is 8. The van der Waals surface area contributed by atoms with Crippen LogP contribution in [0.5, 0.6) is 11.6 Å². The fourth-order valence-corrected chi connectivity index (χ4v) is 3.00. The summed E-state index contributed by atoms with van der Waals surface area (Å²) in [4.78, 5) is 23.9. The van der Waals surface area contributed by atoms with Crippen LogP contribution in [0.4, 0.5) is 32.6 Å². The van der Waals surface area contributed by atoms with Gasteiger partial charge in [0.2, 0.25) is 18.3 Å². The van der Waals surface area contributed by atoms with Gasteiger partial charge >= 0.3 is 12.3 Å². The second kappa shape index (κ2) is 9.00. The molecule has 0 saturated heterocycles. The van der Waals surface area contributed by atoms with Gasteiger partial charge in [0, 0.05) is 5.56 Å². The number of nitrogens with zero attached hydrogens (tertiary/aromatic N) is 3. The number of nitrogens with one attached hydrogen (secondary N) is 1. The zero-order chi connectivity index (χ0) is 25.3. The minimum Gasteiger partial charge on any atom is -0.461 e. The van der Waals surface area contributed by atoms with E-state index in [-0.39, 0.29) is 17.4 Å². The average molecular weight is 489 g/mol. The molecule has 0 fully saturated rings. The lowest BCUT2D eigenvalue weighted by atomic mass is 9.93. The van der Waals surface area contributed by atoms with Gasteiger partial charge in [0.1, 0.15) is 34.5 Å². The second-order valence-corrected chi connectivity index (χ2v) is 7.68. The first-order valence-corrected chi connectivity index (χ1v) is 9.67. The minimum absolute atomic E-state index is 0.109. The number of nitrogens with two attached hydrogens (primary N) is 1. The molecule has 184 valence electrons. The fourth-order valence-electron chi connectivity index (χ4n) is 3.00. The number of pyridine rings is 2. The summed E-state index contributed by atoms with van der Waals surface area (Å²) in [6.07, 6.45) is -4.74. The van der Waals surface area contributed by atoms with Gasteiger partial charge in [0.15, 0.2) is 0 Å². The summed E-state index contributed by atoms with van der Waals surface area (Å²) in [6, 6.07) is 3.45. The van der Waals surface area contributed by atoms with Crippen LogP contribution in [0.25, 0.3) is 0 Å². The number of amides is 1. The third-order valence-corrected chi connectivity index (χ3v) is 5.04. The molecule has 1 amide bonds. The molecule has 0 aromatic carbocycles. The number of aromatic nitrogens is 2. The highest BCUT2D eigenvalue weighted by Gasteiger charge is 2.59. The highest BCUT2D eigenvalue weighted by atomic mass is 19.4. The molecule has 2 aromatic heterocycles. The van der Waals surface area contributed by atoms with Crippen LogP contribution in [0.15, 0.2) is 29.4 Å². The van der Waals surface area contributed by atoms with Crippen molar-refractivity contribution in [2.45, 2.75) is 38.1 Å². The Morgan fingerprint density at radius 1 is 1.32 bits per heavy atom. The largest absolute Gasteiger partial charge is 0.461 e. The van der Waals surface area contributed by atoms with E-state index in [0.717, 1.165) is 25.3 Å². The molecule has 0 aliphatic carbocycles. The smallest absolute Gasteiger partial charge is 0.424 e. The van der Waals surface area contributed by atoms with Crippen molar-refractivity contribution in [2.24, 2.45) is 10.7 Å². The Morgan fingerprint density at radius 2 is 2.03 bits per heavy atom. The molecule has 0 spiro atoms. The Kier molecular flexibility index (Phi) is 6.64. The Balaban J connectivity index is 1.81. The molecule has 9 nitrogen and oxygen atoms in total. The van der Waals surface area contributed by atoms with Crippen molar-refractivity contribution in [1.82, 2.24) is 9.97 Å². The Labute approximate surface area is 190 Å². The summed E-state index contributed by atoms with van der Waals surface area (Å²) in [5.41, 5.74) is 0.957. The molecule has 3 N–H and O–H groups in total. The number of rotatable bonds is 5. The van der Waals surface area contributed by atoms with E-state index in [4.69, 9.17) is 15.2 Å². The van der Waals surface area contributed by atoms with Crippen LogP contribution in [0, 0.1) is 12.7 Å². The van der Waals surface area contributed by atoms with Crippen LogP contribution in [-0.4, -0.2) is 47.1 Å². The normalized spacial score (nSPS) is 22.6. The monoisotopic (exact) mass is 489 g/mol. The molecule has 0 bridgehead atoms. The summed E-state index contributed by atoms with van der Waals surface area (Å²) < 4.78 is 81.4. The first-order chi connectivity index (χ1) is 15.8. The molecule has 0 radical (unpaired) electrons. The van der Waals surface area contributed by atoms with Crippen LogP contribution >= 0.6 is 0 Å². The molecular weight excluding hydrogens is 469 g/mol. The van der Waals surface area contributed by atoms with Crippen LogP contribution in [0.3, 0.4) is 0 Å². The second-order valence-electron chi connectivity index (χ2n) is 7.68. The first kappa shape index (κ1) is 25.1. The SMILES string of the molecule is Cc1cc(OCF)cnc1OC(=O)Nc1ccc(F)c([C@]2(C)CO[C@@](C)(C(F)(F)F)C(N)=N2)n1. The van der Waals surface area contributed by atoms with E-state index >= 15 is 0 Å². The summed E-state index contributed by atoms with van der Waals surface area (Å²) >= 11 is 0. The number of halogens is 5. The fraction of sp³-hybridized carbons (Fsp3) is 0.400. The molecule has 1 aliphatic heterocycles. The molecule has 14 heteroatoms. The van der Waals surface area contributed by atoms with Gasteiger partial charge in [-0.15, -0.1) is 0 Å². The zero-order valence-electron chi connectivity index (χ0n) is 18.2. The lowest BCUT2D eigenvalue weighted by molar-refractivity contribution is -0.249. The number of alkyl halides is 4. The van der Waals surface area contributed by atoms with E-state index in [1.54, 1.807) is 0 Å². The average Bonchev–Trinajstić information content (AvgIpc) is 2.74. The maximum atomic E-state index is 14.5. The maximum Gasteiger partial charge on any atom is 0.424 e. The Hall–Kier alpha value is -3.55. The maximum absolute atomic E-state index is 14.5. The number of hydrogen-bond donors (Lipinski definition) is 2. The van der Waals surface area contributed by atoms with E-state index in [0.29, 0.717) is 5.56 Å². The van der Waals surface area contributed by atoms with Gasteiger partial charge in [-0.25, -0.2) is 23.5 Å². The molecule has 2 aromatic rings. The van der Waals surface area contributed by atoms with Crippen molar-refractivity contribution in [1.29, 1.82) is 0 Å². The third-order valence-electron chi connectivity index (χ3n) is 5.04. The number of aliphatic imine (C=N–C) groups is 1. The molecule has 34 heavy (non-hydrogen) atoms. The number of aryl methyl sites for hydroxylation is 1. The molecule has 2 atom stereocenters. The predicted molar refractivity (Wildman–Crippen MR) is 109 cm³/mol. The van der Waals surface area contributed by atoms with Crippen LogP contribution in [0.2, 0.25) is 0 Å². The lowest BCUT2D eigenvalue weighted by Crippen LogP contribution is -2.60. The standard InChI is InChI=1S/C20H20F5N5O4/c1-10-6-11(32-9-21)7-27-15(10)34-17(31)29-13-5-4-12(22)14(28-13)18(2)8-33-19(3,16(26)30-18)20(23,24)25/h4-7H,8-9H2,1-3H3,(H2,26,30)(H,28,29,31)/t18-,19+/m0/s1. The number of ether oxygens (including phenoxy) is 3. The van der Waals surface area contributed by atoms with Gasteiger partial charge in [-0.05, 0) is 39.0 Å². The van der Waals surface area contributed by atoms with E-state index in [1.807, 2.05) is 0 Å². The highest BCUT2D eigenvalue weighted by molar-refractivity contribution is 5.90. The van der Waals surface area contributed by atoms with Crippen LogP contribution in [0.1, 0.15) is 25.1 Å². The molecule has 0 unspecified atom stereocenters. The molecule has 3 heterocycles. The number of anilines is 1. The van der Waals surface area contributed by atoms with Crippen molar-refractivity contribution in [3.05, 3.63) is 41.5 Å². The van der Waals surface area contributed by atoms with Crippen molar-refractivity contribution < 1.29 is 41.0 Å². The quantitative estimate of drug-likeness (QED) is 0.614. The summed E-state index contributed by atoms with van der Waals surface area (Å²) in [7, 11) is 0. The summed E-state index contributed by atoms with van der Waals surface area (Å²) in [6.45, 7) is 1.80. The van der Waals surface area contributed by atoms with Gasteiger partial charge < -0.3 is 19.9 Å². The summed E-state index contributed by atoms with van der Waals surface area (Å²) in [5.74, 6) is -1.97. The van der Waals surface area contributed by atoms with Crippen LogP contribution in [-0.2, 0) is 10.3 Å². The van der Waals surface area contributed by atoms with E-state index < -0.39 is 54.2 Å². The molecule has 3 rings (SSSR count). The van der Waals surface area contributed by atoms with Gasteiger partial charge in [-0.1, -0.05) is 0 Å². The summed E-state index contributed by atoms with van der Waals surface area (Å²) in [5, 5.41) is 2.26. The van der Waals surface area contributed by atoms with E-state index in [1.165, 1.54) is 19.9 Å². The van der Waals surface area contributed by atoms with Gasteiger partial charge in [0.25, 0.3) is 0 Å². The number of carbonyl (C=O) groups excluding carboxylic acids is 1. The van der Waals surface area contributed by atoms with Crippen molar-refractivity contribution in [3.63, 3.8) is 0 Å². The van der Waals surface area contributed by atoms with Gasteiger partial charge in [0.05, 0.1) is 12.8 Å². The van der Waals surface area contributed by atoms with Gasteiger partial charge in [-0.2, -0.15) is 13.2 Å². The van der Waals surface area contributed by atoms with Crippen molar-refractivity contribution >= 4 is 17.7 Å². The topological polar surface area (TPSA) is 121 Å². The molecule has 1 aliphatic rings. The first-order valence-electron chi connectivity index (χ1n) is 9.67. The van der Waals surface area contributed by atoms with E-state index in [9.17, 15) is 26.7 Å². The number of carbonyl (C=O) groups is 1. The number of amidine groups is 1. The van der Waals surface area contributed by atoms with Gasteiger partial charge in [-0.3, -0.25) is 10.3 Å².